The zero-order valence-corrected chi connectivity index (χ0v) is 23.7. The van der Waals surface area contributed by atoms with Gasteiger partial charge in [0.2, 0.25) is 0 Å². The Kier molecular flexibility index (Phi) is 8.54. The monoisotopic (exact) mass is 525 g/mol. The van der Waals surface area contributed by atoms with E-state index in [9.17, 15) is 14.7 Å². The third kappa shape index (κ3) is 6.94. The Morgan fingerprint density at radius 2 is 1.64 bits per heavy atom. The van der Waals surface area contributed by atoms with E-state index in [-0.39, 0.29) is 29.1 Å². The largest absolute Gasteiger partial charge is 0.508 e. The lowest BCUT2D eigenvalue weighted by atomic mass is 9.87. The van der Waals surface area contributed by atoms with Crippen molar-refractivity contribution in [2.45, 2.75) is 78.8 Å². The molecule has 0 aliphatic rings. The van der Waals surface area contributed by atoms with Crippen LogP contribution in [0.5, 0.6) is 5.75 Å². The molecule has 0 fully saturated rings. The van der Waals surface area contributed by atoms with Crippen molar-refractivity contribution in [2.75, 3.05) is 0 Å². The fourth-order valence-corrected chi connectivity index (χ4v) is 4.89. The minimum absolute atomic E-state index is 0.0214. The van der Waals surface area contributed by atoms with Crippen LogP contribution >= 0.6 is 0 Å². The highest BCUT2D eigenvalue weighted by Gasteiger charge is 2.15. The summed E-state index contributed by atoms with van der Waals surface area (Å²) in [5, 5.41) is 15.1. The molecule has 1 N–H and O–H groups in total. The number of aromatic nitrogens is 3. The Bertz CT molecular complexity index is 1500. The van der Waals surface area contributed by atoms with E-state index in [1.807, 2.05) is 31.2 Å². The van der Waals surface area contributed by atoms with E-state index >= 15 is 0 Å². The minimum Gasteiger partial charge on any atom is -0.508 e. The molecule has 0 radical (unpaired) electrons. The van der Waals surface area contributed by atoms with Gasteiger partial charge in [-0.3, -0.25) is 9.36 Å². The number of phenols is 1. The molecule has 0 spiro atoms. The van der Waals surface area contributed by atoms with Crippen molar-refractivity contribution in [3.63, 3.8) is 0 Å². The maximum Gasteiger partial charge on any atom is 0.346 e. The quantitative estimate of drug-likeness (QED) is 0.272. The van der Waals surface area contributed by atoms with Gasteiger partial charge in [0.05, 0.1) is 6.54 Å². The summed E-state index contributed by atoms with van der Waals surface area (Å²) in [5.41, 5.74) is 6.12. The molecule has 0 saturated heterocycles. The van der Waals surface area contributed by atoms with Gasteiger partial charge in [-0.15, -0.1) is 0 Å². The second-order valence-corrected chi connectivity index (χ2v) is 11.3. The van der Waals surface area contributed by atoms with Crippen molar-refractivity contribution in [2.24, 2.45) is 0 Å². The number of aryl methyl sites for hydroxylation is 2. The van der Waals surface area contributed by atoms with Crippen LogP contribution in [0.25, 0.3) is 11.1 Å². The van der Waals surface area contributed by atoms with Crippen molar-refractivity contribution < 1.29 is 9.90 Å². The van der Waals surface area contributed by atoms with E-state index in [1.165, 1.54) is 18.1 Å². The van der Waals surface area contributed by atoms with Crippen LogP contribution < -0.4 is 5.69 Å². The molecule has 0 unspecified atom stereocenters. The van der Waals surface area contributed by atoms with Crippen molar-refractivity contribution in [3.8, 4) is 16.9 Å². The number of Topliss-reactive ketones (excluding diaryl/α,β-unsaturated/α-hetero) is 1. The minimum atomic E-state index is -0.0672. The van der Waals surface area contributed by atoms with Crippen LogP contribution in [-0.4, -0.2) is 25.2 Å². The highest BCUT2D eigenvalue weighted by Crippen LogP contribution is 2.28. The average molecular weight is 526 g/mol. The first-order valence-corrected chi connectivity index (χ1v) is 13.7. The summed E-state index contributed by atoms with van der Waals surface area (Å²) in [6, 6.07) is 22.2. The Balaban J connectivity index is 1.43. The summed E-state index contributed by atoms with van der Waals surface area (Å²) >= 11 is 0. The smallest absolute Gasteiger partial charge is 0.346 e. The van der Waals surface area contributed by atoms with Crippen molar-refractivity contribution in [1.82, 2.24) is 14.3 Å². The Labute approximate surface area is 231 Å². The molecular weight excluding hydrogens is 486 g/mol. The van der Waals surface area contributed by atoms with Crippen LogP contribution in [0, 0.1) is 0 Å². The number of phenolic OH excluding ortho intramolecular Hbond substituents is 1. The van der Waals surface area contributed by atoms with Gasteiger partial charge in [0.25, 0.3) is 0 Å². The van der Waals surface area contributed by atoms with E-state index in [4.69, 9.17) is 5.10 Å². The normalized spacial score (nSPS) is 11.6. The van der Waals surface area contributed by atoms with Crippen LogP contribution in [0.1, 0.15) is 69.1 Å². The fourth-order valence-electron chi connectivity index (χ4n) is 4.89. The van der Waals surface area contributed by atoms with Crippen molar-refractivity contribution in [1.29, 1.82) is 0 Å². The number of rotatable bonds is 10. The predicted octanol–water partition coefficient (Wildman–Crippen LogP) is 6.09. The lowest BCUT2D eigenvalue weighted by molar-refractivity contribution is -0.116. The van der Waals surface area contributed by atoms with E-state index in [2.05, 4.69) is 57.2 Å². The molecule has 1 aromatic heterocycles. The number of nitrogens with zero attached hydrogens (tertiary/aromatic N) is 3. The zero-order chi connectivity index (χ0) is 28.2. The maximum atomic E-state index is 13.0. The van der Waals surface area contributed by atoms with Crippen LogP contribution in [0.15, 0.2) is 71.5 Å². The number of ketones is 1. The average Bonchev–Trinajstić information content (AvgIpc) is 3.18. The molecule has 4 aromatic rings. The Hall–Kier alpha value is -3.93. The summed E-state index contributed by atoms with van der Waals surface area (Å²) < 4.78 is 3.35. The molecule has 6 heteroatoms. The third-order valence-electron chi connectivity index (χ3n) is 7.12. The molecule has 204 valence electrons. The lowest BCUT2D eigenvalue weighted by Crippen LogP contribution is -2.25. The van der Waals surface area contributed by atoms with Crippen molar-refractivity contribution in [3.05, 3.63) is 105 Å². The first kappa shape index (κ1) is 28.1. The van der Waals surface area contributed by atoms with Gasteiger partial charge < -0.3 is 5.11 Å². The predicted molar refractivity (Wildman–Crippen MR) is 156 cm³/mol. The van der Waals surface area contributed by atoms with Gasteiger partial charge in [0.1, 0.15) is 17.4 Å². The summed E-state index contributed by atoms with van der Waals surface area (Å²) in [6.45, 7) is 11.1. The molecule has 1 heterocycles. The van der Waals surface area contributed by atoms with Gasteiger partial charge in [-0.2, -0.15) is 5.10 Å². The molecule has 0 aliphatic carbocycles. The molecular formula is C33H39N3O3. The van der Waals surface area contributed by atoms with Gasteiger partial charge in [-0.25, -0.2) is 9.48 Å². The highest BCUT2D eigenvalue weighted by atomic mass is 16.3. The molecule has 4 rings (SSSR count). The number of hydrogen-bond donors (Lipinski definition) is 1. The second-order valence-electron chi connectivity index (χ2n) is 11.3. The molecule has 6 nitrogen and oxygen atoms in total. The Morgan fingerprint density at radius 1 is 0.923 bits per heavy atom. The van der Waals surface area contributed by atoms with E-state index in [1.54, 1.807) is 15.3 Å². The molecule has 0 bridgehead atoms. The lowest BCUT2D eigenvalue weighted by Gasteiger charge is -2.19. The number of benzene rings is 3. The van der Waals surface area contributed by atoms with E-state index < -0.39 is 0 Å². The van der Waals surface area contributed by atoms with Crippen LogP contribution in [0.3, 0.4) is 0 Å². The standard InChI is InChI=1S/C33H39N3O3/c1-6-35-31(34-36(32(35)39)22-25-13-17-29(18-14-25)33(3,4)5)12-8-10-24-9-7-11-26(20-24)27-15-16-28(19-23(2)37)30(38)21-27/h7,9,11,13-18,20-21,38H,6,8,10,12,19,22H2,1-5H3. The van der Waals surface area contributed by atoms with Gasteiger partial charge in [0.15, 0.2) is 0 Å². The van der Waals surface area contributed by atoms with Gasteiger partial charge in [-0.05, 0) is 66.0 Å². The Morgan fingerprint density at radius 3 is 2.28 bits per heavy atom. The molecule has 0 aliphatic heterocycles. The van der Waals surface area contributed by atoms with Gasteiger partial charge in [-0.1, -0.05) is 81.4 Å². The number of aromatic hydroxyl groups is 1. The molecule has 39 heavy (non-hydrogen) atoms. The molecule has 0 amide bonds. The number of carbonyl (C=O) groups is 1. The first-order valence-electron chi connectivity index (χ1n) is 13.7. The maximum absolute atomic E-state index is 13.0. The highest BCUT2D eigenvalue weighted by molar-refractivity contribution is 5.79. The summed E-state index contributed by atoms with van der Waals surface area (Å²) in [7, 11) is 0. The molecule has 3 aromatic carbocycles. The summed E-state index contributed by atoms with van der Waals surface area (Å²) in [4.78, 5) is 24.4. The fraction of sp³-hybridized carbons (Fsp3) is 0.364. The van der Waals surface area contributed by atoms with Crippen molar-refractivity contribution >= 4 is 5.78 Å². The van der Waals surface area contributed by atoms with E-state index in [0.29, 0.717) is 25.1 Å². The number of hydrogen-bond acceptors (Lipinski definition) is 4. The van der Waals surface area contributed by atoms with Crippen LogP contribution in [0.4, 0.5) is 0 Å². The van der Waals surface area contributed by atoms with Gasteiger partial charge >= 0.3 is 5.69 Å². The SMILES string of the molecule is CCn1c(CCCc2cccc(-c3ccc(CC(C)=O)c(O)c3)c2)nn(Cc2ccc(C(C)(C)C)cc2)c1=O. The van der Waals surface area contributed by atoms with Gasteiger partial charge in [0, 0.05) is 24.9 Å². The first-order chi connectivity index (χ1) is 18.5. The summed E-state index contributed by atoms with van der Waals surface area (Å²) in [6.07, 6.45) is 2.66. The summed E-state index contributed by atoms with van der Waals surface area (Å²) in [5.74, 6) is 0.982. The molecule has 0 atom stereocenters. The van der Waals surface area contributed by atoms with Crippen LogP contribution in [0.2, 0.25) is 0 Å². The molecule has 0 saturated carbocycles. The number of carbonyl (C=O) groups excluding carboxylic acids is 1. The third-order valence-corrected chi connectivity index (χ3v) is 7.12. The zero-order valence-electron chi connectivity index (χ0n) is 23.7. The van der Waals surface area contributed by atoms with E-state index in [0.717, 1.165) is 35.4 Å². The van der Waals surface area contributed by atoms with Crippen LogP contribution in [-0.2, 0) is 42.6 Å². The topological polar surface area (TPSA) is 77.1 Å². The second kappa shape index (κ2) is 11.9.